The molecular formula is C35H46F3N5O7S. The van der Waals surface area contributed by atoms with E-state index in [4.69, 9.17) is 14.6 Å². The third kappa shape index (κ3) is 8.62. The van der Waals surface area contributed by atoms with Crippen molar-refractivity contribution in [3.63, 3.8) is 0 Å². The number of carboxylic acid groups (broad SMARTS) is 1. The summed E-state index contributed by atoms with van der Waals surface area (Å²) in [7, 11) is -2.68. The van der Waals surface area contributed by atoms with Gasteiger partial charge in [-0.2, -0.15) is 10.6 Å². The number of unbranched alkanes of at least 4 members (excludes halogenated alkanes) is 3. The van der Waals surface area contributed by atoms with Crippen molar-refractivity contribution in [2.75, 3.05) is 43.1 Å². The third-order valence-corrected chi connectivity index (χ3v) is 12.0. The fourth-order valence-electron chi connectivity index (χ4n) is 7.32. The van der Waals surface area contributed by atoms with E-state index in [1.54, 1.807) is 17.6 Å². The molecule has 1 amide bonds. The second kappa shape index (κ2) is 15.7. The monoisotopic (exact) mass is 737 g/mol. The maximum Gasteiger partial charge on any atom is 0.407 e. The van der Waals surface area contributed by atoms with Gasteiger partial charge >= 0.3 is 6.09 Å². The average molecular weight is 738 g/mol. The Morgan fingerprint density at radius 2 is 1.80 bits per heavy atom. The average Bonchev–Trinajstić information content (AvgIpc) is 3.59. The maximum atomic E-state index is 15.9. The number of amides is 1. The van der Waals surface area contributed by atoms with Crippen molar-refractivity contribution >= 4 is 33.5 Å². The lowest BCUT2D eigenvalue weighted by Gasteiger charge is -2.39. The molecule has 6 rings (SSSR count). The molecule has 51 heavy (non-hydrogen) atoms. The highest BCUT2D eigenvalue weighted by molar-refractivity contribution is 8.24. The maximum absolute atomic E-state index is 15.9. The zero-order chi connectivity index (χ0) is 36.3. The smallest absolute Gasteiger partial charge is 0.407 e. The lowest BCUT2D eigenvalue weighted by atomic mass is 9.89. The molecule has 0 bridgehead atoms. The van der Waals surface area contributed by atoms with Gasteiger partial charge in [-0.3, -0.25) is 18.5 Å². The summed E-state index contributed by atoms with van der Waals surface area (Å²) in [5.41, 5.74) is -0.0475. The highest BCUT2D eigenvalue weighted by atomic mass is 32.3. The summed E-state index contributed by atoms with van der Waals surface area (Å²) in [5.74, 6) is -4.64. The van der Waals surface area contributed by atoms with E-state index in [2.05, 4.69) is 15.3 Å². The van der Waals surface area contributed by atoms with Gasteiger partial charge in [-0.25, -0.2) is 27.9 Å². The molecule has 3 aromatic rings. The summed E-state index contributed by atoms with van der Waals surface area (Å²) in [4.78, 5) is 35.0. The molecule has 12 nitrogen and oxygen atoms in total. The minimum Gasteiger partial charge on any atom is -0.465 e. The Morgan fingerprint density at radius 1 is 1.10 bits per heavy atom. The molecule has 0 spiro atoms. The number of hydrogen-bond acceptors (Lipinski definition) is 9. The molecule has 0 aliphatic carbocycles. The summed E-state index contributed by atoms with van der Waals surface area (Å²) in [6.45, 7) is 3.21. The highest BCUT2D eigenvalue weighted by Crippen LogP contribution is 2.48. The van der Waals surface area contributed by atoms with Crippen LogP contribution in [-0.4, -0.2) is 83.8 Å². The van der Waals surface area contributed by atoms with Crippen LogP contribution in [-0.2, 0) is 21.9 Å². The third-order valence-electron chi connectivity index (χ3n) is 10.2. The minimum atomic E-state index is -3.51. The standard InChI is InChI=1S/C35H46F3N5O7S/c1-22(25-7-6-8-28(30(25)36)35(37,38)18-23-19-42(20-23)34(45)46)41-31-27-17-26(24-10-15-51(47,48)16-11-24)33(44)43(32(27)40-21-39-31)12-5-3-2-4-9-29-49-13-14-50-29/h6-8,17,21-24,29,47-48H,2-5,9-16,18-20H2,1H3,(H,45,46)(H,39,40,41). The zero-order valence-corrected chi connectivity index (χ0v) is 29.4. The SMILES string of the molecule is CC(Nc1ncnc2c1cc(C1CCS(O)(O)CC1)c(=O)n2CCCCCCC1OCCO1)c1cccc(C(F)(F)CC2CN(C(=O)O)C2)c1F. The topological polar surface area (TPSA) is 159 Å². The molecule has 2 aromatic heterocycles. The summed E-state index contributed by atoms with van der Waals surface area (Å²) in [6.07, 6.45) is 4.42. The number of rotatable bonds is 14. The van der Waals surface area contributed by atoms with Gasteiger partial charge in [-0.15, -0.1) is 0 Å². The predicted molar refractivity (Wildman–Crippen MR) is 187 cm³/mol. The van der Waals surface area contributed by atoms with Gasteiger partial charge in [0.25, 0.3) is 11.5 Å². The fraction of sp³-hybridized carbons (Fsp3) is 0.600. The van der Waals surface area contributed by atoms with Crippen LogP contribution in [0.2, 0.25) is 0 Å². The van der Waals surface area contributed by atoms with Gasteiger partial charge in [0.15, 0.2) is 6.29 Å². The number of benzene rings is 1. The van der Waals surface area contributed by atoms with Gasteiger partial charge in [-0.1, -0.05) is 31.0 Å². The molecule has 0 radical (unpaired) electrons. The lowest BCUT2D eigenvalue weighted by Crippen LogP contribution is -2.50. The molecule has 1 aromatic carbocycles. The first-order valence-electron chi connectivity index (χ1n) is 17.6. The first kappa shape index (κ1) is 37.3. The van der Waals surface area contributed by atoms with E-state index in [-0.39, 0.29) is 47.9 Å². The van der Waals surface area contributed by atoms with Gasteiger partial charge in [-0.05, 0) is 51.0 Å². The van der Waals surface area contributed by atoms with E-state index < -0.39 is 52.4 Å². The largest absolute Gasteiger partial charge is 0.465 e. The fourth-order valence-corrected chi connectivity index (χ4v) is 8.85. The molecule has 280 valence electrons. The number of anilines is 1. The predicted octanol–water partition coefficient (Wildman–Crippen LogP) is 7.15. The van der Waals surface area contributed by atoms with Crippen LogP contribution in [0, 0.1) is 11.7 Å². The molecule has 3 fully saturated rings. The van der Waals surface area contributed by atoms with Gasteiger partial charge < -0.3 is 24.8 Å². The number of aryl methyl sites for hydroxylation is 1. The van der Waals surface area contributed by atoms with Crippen LogP contribution in [0.4, 0.5) is 23.8 Å². The first-order valence-corrected chi connectivity index (χ1v) is 19.5. The van der Waals surface area contributed by atoms with Crippen molar-refractivity contribution in [2.45, 2.75) is 89.0 Å². The van der Waals surface area contributed by atoms with E-state index in [0.29, 0.717) is 61.4 Å². The van der Waals surface area contributed by atoms with E-state index in [1.165, 1.54) is 18.5 Å². The summed E-state index contributed by atoms with van der Waals surface area (Å²) in [6, 6.07) is 4.77. The molecular weight excluding hydrogens is 691 g/mol. The number of hydrogen-bond donors (Lipinski definition) is 4. The molecule has 3 aliphatic rings. The Hall–Kier alpha value is -3.44. The minimum absolute atomic E-state index is 0.000791. The normalized spacial score (nSPS) is 20.0. The first-order chi connectivity index (χ1) is 24.3. The number of nitrogens with zero attached hydrogens (tertiary/aromatic N) is 4. The number of ether oxygens (including phenoxy) is 2. The molecule has 1 atom stereocenters. The molecule has 16 heteroatoms. The van der Waals surface area contributed by atoms with Crippen LogP contribution >= 0.6 is 10.6 Å². The van der Waals surface area contributed by atoms with Gasteiger partial charge in [0.05, 0.1) is 30.2 Å². The second-order valence-corrected chi connectivity index (χ2v) is 16.3. The van der Waals surface area contributed by atoms with Crippen molar-refractivity contribution in [1.29, 1.82) is 0 Å². The Balaban J connectivity index is 1.23. The molecule has 0 saturated carbocycles. The van der Waals surface area contributed by atoms with Crippen LogP contribution in [0.1, 0.15) is 86.9 Å². The molecule has 4 N–H and O–H groups in total. The molecule has 1 unspecified atom stereocenters. The van der Waals surface area contributed by atoms with Gasteiger partial charge in [0.2, 0.25) is 0 Å². The number of aromatic nitrogens is 3. The van der Waals surface area contributed by atoms with Crippen molar-refractivity contribution in [3.05, 3.63) is 63.5 Å². The summed E-state index contributed by atoms with van der Waals surface area (Å²) >= 11 is 0. The number of nitrogens with one attached hydrogen (secondary N) is 1. The second-order valence-electron chi connectivity index (χ2n) is 13.9. The summed E-state index contributed by atoms with van der Waals surface area (Å²) < 4.78 is 79.7. The lowest BCUT2D eigenvalue weighted by molar-refractivity contribution is -0.0553. The molecule has 5 heterocycles. The number of fused-ring (bicyclic) bond motifs is 1. The molecule has 3 saturated heterocycles. The van der Waals surface area contributed by atoms with E-state index in [9.17, 15) is 18.7 Å². The van der Waals surface area contributed by atoms with Crippen molar-refractivity contribution in [1.82, 2.24) is 19.4 Å². The van der Waals surface area contributed by atoms with Crippen LogP contribution in [0.25, 0.3) is 11.0 Å². The number of alkyl halides is 2. The van der Waals surface area contributed by atoms with E-state index >= 15 is 13.2 Å². The number of pyridine rings is 1. The Labute approximate surface area is 295 Å². The number of carbonyl (C=O) groups is 1. The quantitative estimate of drug-likeness (QED) is 0.125. The van der Waals surface area contributed by atoms with E-state index in [0.717, 1.165) is 36.6 Å². The van der Waals surface area contributed by atoms with Crippen molar-refractivity contribution in [2.24, 2.45) is 5.92 Å². The van der Waals surface area contributed by atoms with Crippen molar-refractivity contribution in [3.8, 4) is 0 Å². The van der Waals surface area contributed by atoms with Crippen LogP contribution < -0.4 is 10.9 Å². The van der Waals surface area contributed by atoms with Crippen molar-refractivity contribution < 1.29 is 41.7 Å². The summed E-state index contributed by atoms with van der Waals surface area (Å²) in [5, 5.41) is 12.7. The number of likely N-dealkylation sites (tertiary alicyclic amines) is 1. The molecule has 3 aliphatic heterocycles. The van der Waals surface area contributed by atoms with Crippen LogP contribution in [0.15, 0.2) is 35.4 Å². The van der Waals surface area contributed by atoms with Crippen LogP contribution in [0.5, 0.6) is 0 Å². The van der Waals surface area contributed by atoms with E-state index in [1.807, 2.05) is 0 Å². The van der Waals surface area contributed by atoms with Gasteiger partial charge in [0.1, 0.15) is 23.6 Å². The Morgan fingerprint density at radius 3 is 2.51 bits per heavy atom. The number of halogens is 3. The Bertz CT molecular complexity index is 1760. The Kier molecular flexibility index (Phi) is 11.5. The van der Waals surface area contributed by atoms with Gasteiger partial charge in [0, 0.05) is 54.6 Å². The zero-order valence-electron chi connectivity index (χ0n) is 28.6. The highest BCUT2D eigenvalue weighted by Gasteiger charge is 2.43. The van der Waals surface area contributed by atoms with Crippen LogP contribution in [0.3, 0.4) is 0 Å².